The highest BCUT2D eigenvalue weighted by Crippen LogP contribution is 2.35. The van der Waals surface area contributed by atoms with Crippen molar-refractivity contribution in [2.45, 2.75) is 44.9 Å². The van der Waals surface area contributed by atoms with Gasteiger partial charge in [0.05, 0.1) is 5.56 Å². The van der Waals surface area contributed by atoms with Crippen molar-refractivity contribution in [2.24, 2.45) is 5.92 Å². The number of nitriles is 1. The lowest BCUT2D eigenvalue weighted by molar-refractivity contribution is 0.315. The Bertz CT molecular complexity index is 367. The zero-order valence-corrected chi connectivity index (χ0v) is 9.82. The summed E-state index contributed by atoms with van der Waals surface area (Å²) in [6.07, 6.45) is 8.20. The molecule has 0 saturated heterocycles. The van der Waals surface area contributed by atoms with Gasteiger partial charge in [-0.3, -0.25) is 4.98 Å². The van der Waals surface area contributed by atoms with Crippen molar-refractivity contribution in [3.63, 3.8) is 0 Å². The van der Waals surface area contributed by atoms with Crippen LogP contribution in [0, 0.1) is 17.2 Å². The quantitative estimate of drug-likeness (QED) is 0.753. The highest BCUT2D eigenvalue weighted by molar-refractivity contribution is 5.27. The summed E-state index contributed by atoms with van der Waals surface area (Å²) in [5.41, 5.74) is 1.83. The van der Waals surface area contributed by atoms with Crippen molar-refractivity contribution in [3.05, 3.63) is 29.6 Å². The number of hydrogen-bond acceptors (Lipinski definition) is 2. The minimum Gasteiger partial charge on any atom is -0.260 e. The molecule has 0 unspecified atom stereocenters. The Kier molecular flexibility index (Phi) is 3.56. The van der Waals surface area contributed by atoms with Gasteiger partial charge in [-0.2, -0.15) is 5.26 Å². The second kappa shape index (κ2) is 5.12. The molecule has 0 N–H and O–H groups in total. The minimum atomic E-state index is 0.621. The Labute approximate surface area is 97.3 Å². The van der Waals surface area contributed by atoms with Crippen LogP contribution in [0.25, 0.3) is 0 Å². The molecule has 16 heavy (non-hydrogen) atoms. The fourth-order valence-electron chi connectivity index (χ4n) is 2.58. The van der Waals surface area contributed by atoms with E-state index in [4.69, 9.17) is 5.26 Å². The van der Waals surface area contributed by atoms with E-state index in [0.717, 1.165) is 5.92 Å². The van der Waals surface area contributed by atoms with Crippen molar-refractivity contribution in [2.75, 3.05) is 0 Å². The summed E-state index contributed by atoms with van der Waals surface area (Å²) in [6.45, 7) is 2.28. The maximum atomic E-state index is 8.72. The van der Waals surface area contributed by atoms with E-state index in [1.165, 1.54) is 37.8 Å². The highest BCUT2D eigenvalue weighted by atomic mass is 14.7. The molecule has 84 valence electrons. The predicted molar refractivity (Wildman–Crippen MR) is 63.9 cm³/mol. The topological polar surface area (TPSA) is 36.7 Å². The summed E-state index contributed by atoms with van der Waals surface area (Å²) < 4.78 is 0. The Morgan fingerprint density at radius 1 is 1.31 bits per heavy atom. The van der Waals surface area contributed by atoms with Gasteiger partial charge in [-0.05, 0) is 43.7 Å². The van der Waals surface area contributed by atoms with Gasteiger partial charge < -0.3 is 0 Å². The Hall–Kier alpha value is -1.36. The molecule has 1 heterocycles. The van der Waals surface area contributed by atoms with Crippen LogP contribution >= 0.6 is 0 Å². The second-order valence-corrected chi connectivity index (χ2v) is 4.71. The number of hydrogen-bond donors (Lipinski definition) is 0. The van der Waals surface area contributed by atoms with Gasteiger partial charge in [0.2, 0.25) is 0 Å². The molecule has 1 aromatic rings. The summed E-state index contributed by atoms with van der Waals surface area (Å²) >= 11 is 0. The van der Waals surface area contributed by atoms with Crippen LogP contribution in [0.4, 0.5) is 0 Å². The summed E-state index contributed by atoms with van der Waals surface area (Å²) in [7, 11) is 0. The van der Waals surface area contributed by atoms with E-state index in [1.807, 2.05) is 12.1 Å². The third-order valence-corrected chi connectivity index (χ3v) is 3.76. The highest BCUT2D eigenvalue weighted by Gasteiger charge is 2.21. The van der Waals surface area contributed by atoms with Crippen LogP contribution in [0.2, 0.25) is 0 Å². The molecule has 2 nitrogen and oxygen atoms in total. The van der Waals surface area contributed by atoms with Crippen LogP contribution in [0.15, 0.2) is 18.3 Å². The molecule has 0 aromatic carbocycles. The third-order valence-electron chi connectivity index (χ3n) is 3.76. The van der Waals surface area contributed by atoms with Gasteiger partial charge in [-0.15, -0.1) is 0 Å². The van der Waals surface area contributed by atoms with Crippen LogP contribution in [-0.2, 0) is 0 Å². The molecule has 1 aromatic heterocycles. The molecular formula is C14H18N2. The lowest BCUT2D eigenvalue weighted by Crippen LogP contribution is -2.13. The van der Waals surface area contributed by atoms with Gasteiger partial charge in [0.25, 0.3) is 0 Å². The van der Waals surface area contributed by atoms with E-state index in [2.05, 4.69) is 18.0 Å². The molecule has 0 atom stereocenters. The summed E-state index contributed by atoms with van der Waals surface area (Å²) in [5, 5.41) is 8.72. The molecule has 0 aliphatic heterocycles. The normalized spacial score (nSPS) is 25.0. The second-order valence-electron chi connectivity index (χ2n) is 4.71. The van der Waals surface area contributed by atoms with Gasteiger partial charge in [0.15, 0.2) is 0 Å². The molecular weight excluding hydrogens is 196 g/mol. The van der Waals surface area contributed by atoms with Gasteiger partial charge in [0.1, 0.15) is 6.07 Å². The van der Waals surface area contributed by atoms with Crippen molar-refractivity contribution in [1.29, 1.82) is 5.26 Å². The molecule has 2 rings (SSSR count). The van der Waals surface area contributed by atoms with Crippen molar-refractivity contribution >= 4 is 0 Å². The molecule has 0 radical (unpaired) electrons. The molecule has 1 fully saturated rings. The van der Waals surface area contributed by atoms with Gasteiger partial charge in [0, 0.05) is 17.8 Å². The Morgan fingerprint density at radius 3 is 2.56 bits per heavy atom. The predicted octanol–water partition coefficient (Wildman–Crippen LogP) is 3.64. The largest absolute Gasteiger partial charge is 0.260 e. The maximum Gasteiger partial charge on any atom is 0.101 e. The molecule has 1 aliphatic carbocycles. The van der Waals surface area contributed by atoms with Gasteiger partial charge >= 0.3 is 0 Å². The molecule has 0 amide bonds. The Balaban J connectivity index is 2.00. The summed E-state index contributed by atoms with van der Waals surface area (Å²) in [6, 6.07) is 6.02. The standard InChI is InChI=1S/C14H18N2/c1-2-11-3-6-13(7-4-11)14-8-5-12(9-15)10-16-14/h5,8,10-11,13H,2-4,6-7H2,1H3. The van der Waals surface area contributed by atoms with Crippen LogP contribution in [0.5, 0.6) is 0 Å². The lowest BCUT2D eigenvalue weighted by Gasteiger charge is -2.27. The Morgan fingerprint density at radius 2 is 2.06 bits per heavy atom. The minimum absolute atomic E-state index is 0.621. The number of nitrogens with zero attached hydrogens (tertiary/aromatic N) is 2. The van der Waals surface area contributed by atoms with Crippen molar-refractivity contribution in [1.82, 2.24) is 4.98 Å². The molecule has 1 saturated carbocycles. The lowest BCUT2D eigenvalue weighted by atomic mass is 9.79. The first-order chi connectivity index (χ1) is 7.83. The smallest absolute Gasteiger partial charge is 0.101 e. The average molecular weight is 214 g/mol. The van der Waals surface area contributed by atoms with E-state index in [0.29, 0.717) is 11.5 Å². The van der Waals surface area contributed by atoms with E-state index in [9.17, 15) is 0 Å². The fourth-order valence-corrected chi connectivity index (χ4v) is 2.58. The van der Waals surface area contributed by atoms with E-state index in [1.54, 1.807) is 6.20 Å². The zero-order chi connectivity index (χ0) is 11.4. The molecule has 2 heteroatoms. The van der Waals surface area contributed by atoms with E-state index >= 15 is 0 Å². The number of pyridine rings is 1. The molecule has 0 spiro atoms. The van der Waals surface area contributed by atoms with Crippen molar-refractivity contribution in [3.8, 4) is 6.07 Å². The molecule has 1 aliphatic rings. The third kappa shape index (κ3) is 2.41. The number of aromatic nitrogens is 1. The van der Waals surface area contributed by atoms with E-state index in [-0.39, 0.29) is 0 Å². The van der Waals surface area contributed by atoms with Gasteiger partial charge in [-0.25, -0.2) is 0 Å². The monoisotopic (exact) mass is 214 g/mol. The number of rotatable bonds is 2. The summed E-state index contributed by atoms with van der Waals surface area (Å²) in [5.74, 6) is 1.55. The first-order valence-corrected chi connectivity index (χ1v) is 6.19. The molecule has 0 bridgehead atoms. The van der Waals surface area contributed by atoms with Crippen LogP contribution in [-0.4, -0.2) is 4.98 Å². The zero-order valence-electron chi connectivity index (χ0n) is 9.82. The first-order valence-electron chi connectivity index (χ1n) is 6.19. The average Bonchev–Trinajstić information content (AvgIpc) is 2.39. The van der Waals surface area contributed by atoms with Crippen LogP contribution in [0.3, 0.4) is 0 Å². The first kappa shape index (κ1) is 11.1. The maximum absolute atomic E-state index is 8.72. The van der Waals surface area contributed by atoms with Gasteiger partial charge in [-0.1, -0.05) is 13.3 Å². The fraction of sp³-hybridized carbons (Fsp3) is 0.571. The SMILES string of the molecule is CCC1CCC(c2ccc(C#N)cn2)CC1. The summed E-state index contributed by atoms with van der Waals surface area (Å²) in [4.78, 5) is 4.40. The van der Waals surface area contributed by atoms with Crippen molar-refractivity contribution < 1.29 is 0 Å². The van der Waals surface area contributed by atoms with Crippen LogP contribution < -0.4 is 0 Å². The van der Waals surface area contributed by atoms with E-state index < -0.39 is 0 Å². The van der Waals surface area contributed by atoms with Crippen LogP contribution in [0.1, 0.15) is 56.2 Å².